The molecule has 0 heterocycles. The van der Waals surface area contributed by atoms with E-state index in [4.69, 9.17) is 4.74 Å². The number of nitrogens with zero attached hydrogens (tertiary/aromatic N) is 2. The summed E-state index contributed by atoms with van der Waals surface area (Å²) in [6.45, 7) is 1.50. The van der Waals surface area contributed by atoms with Crippen LogP contribution in [0.15, 0.2) is 72.8 Å². The molecule has 0 aliphatic heterocycles. The van der Waals surface area contributed by atoms with Gasteiger partial charge in [0.2, 0.25) is 0 Å². The van der Waals surface area contributed by atoms with E-state index in [1.807, 2.05) is 67.5 Å². The van der Waals surface area contributed by atoms with Crippen LogP contribution in [0.1, 0.15) is 27.6 Å². The molecule has 3 aromatic carbocycles. The first-order chi connectivity index (χ1) is 13.8. The summed E-state index contributed by atoms with van der Waals surface area (Å²) < 4.78 is 5.92. The summed E-state index contributed by atoms with van der Waals surface area (Å²) in [5, 5.41) is 0. The highest BCUT2D eigenvalue weighted by molar-refractivity contribution is 6.06. The Balaban J connectivity index is 1.71. The average molecular weight is 388 g/mol. The Bertz CT molecular complexity index is 1010. The Morgan fingerprint density at radius 3 is 1.93 bits per heavy atom. The number of ether oxygens (including phenoxy) is 1. The molecule has 0 fully saturated rings. The van der Waals surface area contributed by atoms with Crippen LogP contribution in [0.4, 0.5) is 11.4 Å². The zero-order valence-electron chi connectivity index (χ0n) is 17.0. The number of benzene rings is 3. The van der Waals surface area contributed by atoms with Gasteiger partial charge in [-0.15, -0.1) is 0 Å². The lowest BCUT2D eigenvalue weighted by Crippen LogP contribution is -2.26. The number of hydrogen-bond acceptors (Lipinski definition) is 4. The number of carbonyl (C=O) groups is 2. The molecule has 0 unspecified atom stereocenters. The van der Waals surface area contributed by atoms with Crippen molar-refractivity contribution in [3.63, 3.8) is 0 Å². The van der Waals surface area contributed by atoms with Crippen molar-refractivity contribution in [3.8, 4) is 11.5 Å². The lowest BCUT2D eigenvalue weighted by atomic mass is 10.1. The third-order valence-corrected chi connectivity index (χ3v) is 4.64. The van der Waals surface area contributed by atoms with Crippen molar-refractivity contribution in [2.24, 2.45) is 0 Å². The maximum absolute atomic E-state index is 12.7. The molecular weight excluding hydrogens is 364 g/mol. The molecule has 0 spiro atoms. The van der Waals surface area contributed by atoms with E-state index in [1.54, 1.807) is 36.2 Å². The monoisotopic (exact) mass is 388 g/mol. The van der Waals surface area contributed by atoms with E-state index in [9.17, 15) is 9.59 Å². The summed E-state index contributed by atoms with van der Waals surface area (Å²) in [7, 11) is 5.68. The summed E-state index contributed by atoms with van der Waals surface area (Å²) >= 11 is 0. The number of ketones is 1. The van der Waals surface area contributed by atoms with Crippen LogP contribution in [0, 0.1) is 0 Å². The number of amides is 1. The second-order valence-electron chi connectivity index (χ2n) is 6.99. The highest BCUT2D eigenvalue weighted by Crippen LogP contribution is 2.27. The van der Waals surface area contributed by atoms with E-state index in [0.29, 0.717) is 16.9 Å². The van der Waals surface area contributed by atoms with Crippen molar-refractivity contribution in [1.29, 1.82) is 0 Å². The van der Waals surface area contributed by atoms with Crippen molar-refractivity contribution in [1.82, 2.24) is 0 Å². The summed E-state index contributed by atoms with van der Waals surface area (Å²) in [6.07, 6.45) is 0. The summed E-state index contributed by atoms with van der Waals surface area (Å²) in [5.41, 5.74) is 2.92. The fraction of sp³-hybridized carbons (Fsp3) is 0.167. The highest BCUT2D eigenvalue weighted by atomic mass is 16.5. The predicted molar refractivity (Wildman–Crippen MR) is 116 cm³/mol. The zero-order valence-corrected chi connectivity index (χ0v) is 17.0. The Labute approximate surface area is 171 Å². The van der Waals surface area contributed by atoms with Gasteiger partial charge in [0.15, 0.2) is 5.78 Å². The van der Waals surface area contributed by atoms with Gasteiger partial charge in [0.1, 0.15) is 11.5 Å². The highest BCUT2D eigenvalue weighted by Gasteiger charge is 2.14. The van der Waals surface area contributed by atoms with Gasteiger partial charge in [-0.05, 0) is 55.5 Å². The van der Waals surface area contributed by atoms with Crippen molar-refractivity contribution < 1.29 is 14.3 Å². The minimum absolute atomic E-state index is 0.0240. The Kier molecular flexibility index (Phi) is 5.98. The van der Waals surface area contributed by atoms with Crippen molar-refractivity contribution in [2.45, 2.75) is 6.92 Å². The molecule has 0 aromatic heterocycles. The van der Waals surface area contributed by atoms with E-state index < -0.39 is 0 Å². The minimum atomic E-state index is -0.146. The van der Waals surface area contributed by atoms with Gasteiger partial charge in [0.05, 0.1) is 0 Å². The molecule has 0 aliphatic rings. The molecule has 5 heteroatoms. The molecule has 0 atom stereocenters. The van der Waals surface area contributed by atoms with Gasteiger partial charge in [-0.25, -0.2) is 0 Å². The van der Waals surface area contributed by atoms with Crippen molar-refractivity contribution in [2.75, 3.05) is 30.9 Å². The van der Waals surface area contributed by atoms with Crippen LogP contribution in [0.3, 0.4) is 0 Å². The summed E-state index contributed by atoms with van der Waals surface area (Å²) in [5.74, 6) is 1.27. The molecule has 5 nitrogen and oxygen atoms in total. The van der Waals surface area contributed by atoms with Crippen LogP contribution in [0.2, 0.25) is 0 Å². The minimum Gasteiger partial charge on any atom is -0.457 e. The maximum Gasteiger partial charge on any atom is 0.258 e. The molecule has 0 bridgehead atoms. The molecular formula is C24H24N2O3. The molecule has 3 rings (SSSR count). The molecule has 3 aromatic rings. The lowest BCUT2D eigenvalue weighted by molar-refractivity contribution is 0.0988. The van der Waals surface area contributed by atoms with Crippen molar-refractivity contribution in [3.05, 3.63) is 83.9 Å². The van der Waals surface area contributed by atoms with Gasteiger partial charge in [-0.3, -0.25) is 9.59 Å². The number of carbonyl (C=O) groups excluding carboxylic acids is 2. The third kappa shape index (κ3) is 4.82. The molecule has 29 heavy (non-hydrogen) atoms. The normalized spacial score (nSPS) is 10.3. The quantitative estimate of drug-likeness (QED) is 0.556. The predicted octanol–water partition coefficient (Wildman–Crippen LogP) is 5.02. The number of Topliss-reactive ketones (excluding diaryl/α,β-unsaturated/α-hetero) is 1. The van der Waals surface area contributed by atoms with Gasteiger partial charge in [-0.1, -0.05) is 18.2 Å². The number of rotatable bonds is 6. The standard InChI is InChI=1S/C24H24N2O3/c1-17(27)18-8-10-19(11-9-18)24(28)26(4)20-12-14-22(15-13-20)29-23-7-5-6-21(16-23)25(2)3/h5-16H,1-4H3. The average Bonchev–Trinajstić information content (AvgIpc) is 2.73. The van der Waals surface area contributed by atoms with E-state index in [-0.39, 0.29) is 11.7 Å². The van der Waals surface area contributed by atoms with Crippen LogP contribution >= 0.6 is 0 Å². The molecule has 0 N–H and O–H groups in total. The van der Waals surface area contributed by atoms with Crippen LogP contribution in [-0.2, 0) is 0 Å². The summed E-state index contributed by atoms with van der Waals surface area (Å²) in [4.78, 5) is 27.7. The van der Waals surface area contributed by atoms with Crippen LogP contribution < -0.4 is 14.5 Å². The van der Waals surface area contributed by atoms with Crippen LogP contribution in [0.5, 0.6) is 11.5 Å². The van der Waals surface area contributed by atoms with Gasteiger partial charge >= 0.3 is 0 Å². The molecule has 0 aliphatic carbocycles. The second-order valence-corrected chi connectivity index (χ2v) is 6.99. The number of hydrogen-bond donors (Lipinski definition) is 0. The van der Waals surface area contributed by atoms with Gasteiger partial charge in [0, 0.05) is 49.7 Å². The largest absolute Gasteiger partial charge is 0.457 e. The fourth-order valence-corrected chi connectivity index (χ4v) is 2.86. The second kappa shape index (κ2) is 8.61. The van der Waals surface area contributed by atoms with E-state index in [1.165, 1.54) is 6.92 Å². The van der Waals surface area contributed by atoms with E-state index in [0.717, 1.165) is 17.1 Å². The van der Waals surface area contributed by atoms with Crippen LogP contribution in [0.25, 0.3) is 0 Å². The van der Waals surface area contributed by atoms with E-state index >= 15 is 0 Å². The Morgan fingerprint density at radius 1 is 0.724 bits per heavy atom. The molecule has 1 amide bonds. The van der Waals surface area contributed by atoms with Gasteiger partial charge < -0.3 is 14.5 Å². The Morgan fingerprint density at radius 2 is 1.34 bits per heavy atom. The molecule has 0 saturated heterocycles. The van der Waals surface area contributed by atoms with Gasteiger partial charge in [-0.2, -0.15) is 0 Å². The van der Waals surface area contributed by atoms with Gasteiger partial charge in [0.25, 0.3) is 5.91 Å². The zero-order chi connectivity index (χ0) is 21.0. The molecule has 148 valence electrons. The summed E-state index contributed by atoms with van der Waals surface area (Å²) in [6, 6.07) is 21.9. The first-order valence-corrected chi connectivity index (χ1v) is 9.29. The lowest BCUT2D eigenvalue weighted by Gasteiger charge is -2.18. The first kappa shape index (κ1) is 20.1. The first-order valence-electron chi connectivity index (χ1n) is 9.29. The van der Waals surface area contributed by atoms with E-state index in [2.05, 4.69) is 0 Å². The van der Waals surface area contributed by atoms with Crippen molar-refractivity contribution >= 4 is 23.1 Å². The fourth-order valence-electron chi connectivity index (χ4n) is 2.86. The molecule has 0 radical (unpaired) electrons. The third-order valence-electron chi connectivity index (χ3n) is 4.64. The Hall–Kier alpha value is -3.60. The topological polar surface area (TPSA) is 49.9 Å². The molecule has 0 saturated carbocycles. The maximum atomic E-state index is 12.7. The smallest absolute Gasteiger partial charge is 0.258 e. The van der Waals surface area contributed by atoms with Crippen LogP contribution in [-0.4, -0.2) is 32.8 Å². The number of anilines is 2. The SMILES string of the molecule is CC(=O)c1ccc(C(=O)N(C)c2ccc(Oc3cccc(N(C)C)c3)cc2)cc1.